The first kappa shape index (κ1) is 23.3. The number of aromatic carboxylic acids is 1. The van der Waals surface area contributed by atoms with E-state index in [0.29, 0.717) is 17.1 Å². The number of carboxylic acids is 1. The molecule has 5 rings (SSSR count). The average Bonchev–Trinajstić information content (AvgIpc) is 3.40. The molecule has 0 aliphatic heterocycles. The Bertz CT molecular complexity index is 1340. The van der Waals surface area contributed by atoms with Crippen LogP contribution in [0.4, 0.5) is 4.39 Å². The van der Waals surface area contributed by atoms with Gasteiger partial charge in [-0.1, -0.05) is 29.4 Å². The summed E-state index contributed by atoms with van der Waals surface area (Å²) in [5, 5.41) is 15.0. The summed E-state index contributed by atoms with van der Waals surface area (Å²) in [6.45, 7) is 2.70. The fourth-order valence-electron chi connectivity index (χ4n) is 3.74. The van der Waals surface area contributed by atoms with Crippen molar-refractivity contribution in [1.82, 2.24) is 19.3 Å². The molecule has 32 heavy (non-hydrogen) atoms. The molecule has 1 aliphatic rings. The number of pyridine rings is 1. The van der Waals surface area contributed by atoms with E-state index in [0.717, 1.165) is 34.5 Å². The first-order valence-corrected chi connectivity index (χ1v) is 11.1. The monoisotopic (exact) mass is 480 g/mol. The number of aromatic nitrogens is 4. The minimum absolute atomic E-state index is 0. The second-order valence-corrected chi connectivity index (χ2v) is 8.84. The first-order chi connectivity index (χ1) is 15.0. The molecule has 0 amide bonds. The third-order valence-electron chi connectivity index (χ3n) is 5.33. The van der Waals surface area contributed by atoms with Crippen LogP contribution in [0, 0.1) is 5.82 Å². The van der Waals surface area contributed by atoms with Crippen LogP contribution in [0.1, 0.15) is 41.9 Å². The maximum absolute atomic E-state index is 15.3. The standard InChI is InChI=1S/C22H18ClFN4O2S.Na.H/c1-2-27-11-13(10-25-27)28-19(12-6-7-12)21(14-8-9-15(23)18(24)20(14)28)31-17-5-3-4-16(26-17)22(29)30;;/h3-5,8-12H,2,6-7H2,1H3,(H,29,30);;. The topological polar surface area (TPSA) is 72.9 Å². The van der Waals surface area contributed by atoms with Crippen LogP contribution in [-0.2, 0) is 6.54 Å². The Morgan fingerprint density at radius 1 is 1.31 bits per heavy atom. The molecule has 10 heteroatoms. The van der Waals surface area contributed by atoms with Crippen LogP contribution >= 0.6 is 23.4 Å². The van der Waals surface area contributed by atoms with Crippen molar-refractivity contribution in [3.8, 4) is 5.69 Å². The number of fused-ring (bicyclic) bond motifs is 1. The molecule has 1 aromatic carbocycles. The zero-order valence-corrected chi connectivity index (χ0v) is 18.1. The summed E-state index contributed by atoms with van der Waals surface area (Å²) in [6, 6.07) is 8.25. The van der Waals surface area contributed by atoms with E-state index in [1.54, 1.807) is 29.1 Å². The zero-order chi connectivity index (χ0) is 21.7. The summed E-state index contributed by atoms with van der Waals surface area (Å²) in [5.41, 5.74) is 2.13. The zero-order valence-electron chi connectivity index (χ0n) is 16.5. The predicted octanol–water partition coefficient (Wildman–Crippen LogP) is 5.11. The van der Waals surface area contributed by atoms with Crippen molar-refractivity contribution >= 4 is 69.8 Å². The summed E-state index contributed by atoms with van der Waals surface area (Å²) < 4.78 is 19.0. The van der Waals surface area contributed by atoms with Gasteiger partial charge in [0.2, 0.25) is 0 Å². The third kappa shape index (κ3) is 4.10. The first-order valence-electron chi connectivity index (χ1n) is 9.91. The molecule has 160 valence electrons. The quantitative estimate of drug-likeness (QED) is 0.388. The summed E-state index contributed by atoms with van der Waals surface area (Å²) in [7, 11) is 0. The molecule has 1 N–H and O–H groups in total. The second kappa shape index (κ2) is 9.19. The van der Waals surface area contributed by atoms with Crippen LogP contribution in [0.2, 0.25) is 5.02 Å². The van der Waals surface area contributed by atoms with Gasteiger partial charge < -0.3 is 9.67 Å². The van der Waals surface area contributed by atoms with Gasteiger partial charge in [0, 0.05) is 34.6 Å². The van der Waals surface area contributed by atoms with Gasteiger partial charge in [0.1, 0.15) is 10.7 Å². The molecule has 4 aromatic rings. The second-order valence-electron chi connectivity index (χ2n) is 7.40. The molecule has 1 aliphatic carbocycles. The van der Waals surface area contributed by atoms with Crippen molar-refractivity contribution in [2.45, 2.75) is 42.1 Å². The molecule has 0 atom stereocenters. The molecule has 0 bridgehead atoms. The van der Waals surface area contributed by atoms with Crippen molar-refractivity contribution < 1.29 is 14.3 Å². The van der Waals surface area contributed by atoms with E-state index < -0.39 is 11.8 Å². The van der Waals surface area contributed by atoms with E-state index in [9.17, 15) is 9.90 Å². The summed E-state index contributed by atoms with van der Waals surface area (Å²) >= 11 is 7.51. The predicted molar refractivity (Wildman–Crippen MR) is 124 cm³/mol. The number of carboxylic acid groups (broad SMARTS) is 1. The van der Waals surface area contributed by atoms with Gasteiger partial charge in [-0.05, 0) is 44.0 Å². The normalized spacial score (nSPS) is 13.3. The van der Waals surface area contributed by atoms with Crippen LogP contribution in [0.15, 0.2) is 52.6 Å². The number of hydrogen-bond acceptors (Lipinski definition) is 4. The van der Waals surface area contributed by atoms with Crippen LogP contribution < -0.4 is 0 Å². The number of rotatable bonds is 6. The fraction of sp³-hybridized carbons (Fsp3) is 0.227. The Balaban J connectivity index is 0.00000245. The molecule has 3 heterocycles. The van der Waals surface area contributed by atoms with Gasteiger partial charge in [-0.3, -0.25) is 4.68 Å². The van der Waals surface area contributed by atoms with Crippen LogP contribution in [0.5, 0.6) is 0 Å². The van der Waals surface area contributed by atoms with Gasteiger partial charge >= 0.3 is 35.5 Å². The van der Waals surface area contributed by atoms with Crippen molar-refractivity contribution in [3.63, 3.8) is 0 Å². The van der Waals surface area contributed by atoms with Gasteiger partial charge in [0.15, 0.2) is 5.82 Å². The number of carbonyl (C=O) groups is 1. The Morgan fingerprint density at radius 3 is 2.75 bits per heavy atom. The minimum atomic E-state index is -1.09. The Morgan fingerprint density at radius 2 is 2.09 bits per heavy atom. The third-order valence-corrected chi connectivity index (χ3v) is 6.69. The van der Waals surface area contributed by atoms with Gasteiger partial charge in [-0.2, -0.15) is 5.10 Å². The van der Waals surface area contributed by atoms with E-state index in [1.807, 2.05) is 23.8 Å². The number of aryl methyl sites for hydroxylation is 1. The van der Waals surface area contributed by atoms with Crippen molar-refractivity contribution in [3.05, 3.63) is 65.0 Å². The van der Waals surface area contributed by atoms with Gasteiger partial charge in [-0.25, -0.2) is 14.2 Å². The number of hydrogen-bond donors (Lipinski definition) is 1. The maximum atomic E-state index is 15.3. The molecule has 0 radical (unpaired) electrons. The van der Waals surface area contributed by atoms with E-state index in [-0.39, 0.29) is 46.2 Å². The number of nitrogens with zero attached hydrogens (tertiary/aromatic N) is 4. The summed E-state index contributed by atoms with van der Waals surface area (Å²) in [5.74, 6) is -1.29. The van der Waals surface area contributed by atoms with E-state index in [1.165, 1.54) is 17.8 Å². The molecular weight excluding hydrogens is 462 g/mol. The number of halogens is 2. The van der Waals surface area contributed by atoms with Crippen molar-refractivity contribution in [1.29, 1.82) is 0 Å². The SMILES string of the molecule is CCn1cc(-n2c(C3CC3)c(Sc3cccc(C(=O)O)n3)c3ccc(Cl)c(F)c32)cn1.[NaH]. The molecular formula is C22H19ClFN4NaO2S. The molecule has 0 spiro atoms. The summed E-state index contributed by atoms with van der Waals surface area (Å²) in [4.78, 5) is 16.5. The number of benzene rings is 1. The summed E-state index contributed by atoms with van der Waals surface area (Å²) in [6.07, 6.45) is 5.63. The molecule has 3 aromatic heterocycles. The molecule has 0 saturated heterocycles. The Labute approximate surface area is 215 Å². The Hall–Kier alpha value is -1.84. The molecule has 0 unspecified atom stereocenters. The van der Waals surface area contributed by atoms with Crippen molar-refractivity contribution in [2.75, 3.05) is 0 Å². The Kier molecular flexibility index (Phi) is 6.70. The van der Waals surface area contributed by atoms with Gasteiger partial charge in [0.25, 0.3) is 0 Å². The average molecular weight is 481 g/mol. The van der Waals surface area contributed by atoms with Crippen LogP contribution in [0.3, 0.4) is 0 Å². The van der Waals surface area contributed by atoms with Crippen molar-refractivity contribution in [2.24, 2.45) is 0 Å². The molecule has 6 nitrogen and oxygen atoms in total. The van der Waals surface area contributed by atoms with E-state index in [2.05, 4.69) is 10.1 Å². The molecule has 1 fully saturated rings. The van der Waals surface area contributed by atoms with Gasteiger partial charge in [0.05, 0.1) is 22.4 Å². The van der Waals surface area contributed by atoms with Crippen LogP contribution in [0.25, 0.3) is 16.6 Å². The van der Waals surface area contributed by atoms with E-state index in [4.69, 9.17) is 11.6 Å². The van der Waals surface area contributed by atoms with Gasteiger partial charge in [-0.15, -0.1) is 0 Å². The van der Waals surface area contributed by atoms with E-state index >= 15 is 4.39 Å². The fourth-order valence-corrected chi connectivity index (χ4v) is 5.03. The molecule has 1 saturated carbocycles. The van der Waals surface area contributed by atoms with Crippen LogP contribution in [-0.4, -0.2) is 60.0 Å².